The van der Waals surface area contributed by atoms with Crippen molar-refractivity contribution in [2.24, 2.45) is 0 Å². The molecule has 166 valence electrons. The highest BCUT2D eigenvalue weighted by Crippen LogP contribution is 2.28. The first-order valence-corrected chi connectivity index (χ1v) is 12.0. The zero-order valence-electron chi connectivity index (χ0n) is 18.3. The summed E-state index contributed by atoms with van der Waals surface area (Å²) in [4.78, 5) is 34.9. The van der Waals surface area contributed by atoms with Crippen LogP contribution in [-0.4, -0.2) is 69.9 Å². The van der Waals surface area contributed by atoms with E-state index in [1.807, 2.05) is 27.7 Å². The lowest BCUT2D eigenvalue weighted by atomic mass is 9.94. The van der Waals surface area contributed by atoms with Crippen LogP contribution >= 0.6 is 0 Å². The number of hydrogen-bond donors (Lipinski definition) is 1. The Bertz CT molecular complexity index is 956. The predicted octanol–water partition coefficient (Wildman–Crippen LogP) is 3.04. The average molecular weight is 424 g/mol. The highest BCUT2D eigenvalue weighted by atomic mass is 16.2. The first kappa shape index (κ1) is 20.5. The van der Waals surface area contributed by atoms with Crippen LogP contribution in [0.5, 0.6) is 0 Å². The van der Waals surface area contributed by atoms with Crippen LogP contribution in [0.4, 0.5) is 0 Å². The number of carbonyl (C=O) groups is 2. The van der Waals surface area contributed by atoms with E-state index < -0.39 is 0 Å². The number of piperidine rings is 1. The second kappa shape index (κ2) is 8.99. The normalized spacial score (nSPS) is 20.8. The van der Waals surface area contributed by atoms with Gasteiger partial charge in [0, 0.05) is 37.8 Å². The van der Waals surface area contributed by atoms with Gasteiger partial charge in [-0.15, -0.1) is 0 Å². The topological polar surface area (TPSA) is 70.5 Å². The Hall–Kier alpha value is -2.41. The van der Waals surface area contributed by atoms with Gasteiger partial charge in [-0.3, -0.25) is 9.59 Å². The summed E-state index contributed by atoms with van der Waals surface area (Å²) >= 11 is 0. The molecule has 0 bridgehead atoms. The van der Waals surface area contributed by atoms with Gasteiger partial charge in [0.1, 0.15) is 0 Å². The summed E-state index contributed by atoms with van der Waals surface area (Å²) in [5, 5.41) is 3.04. The number of imidazole rings is 1. The Labute approximate surface area is 183 Å². The van der Waals surface area contributed by atoms with Crippen LogP contribution in [0.3, 0.4) is 0 Å². The van der Waals surface area contributed by atoms with Gasteiger partial charge in [-0.05, 0) is 57.0 Å². The highest BCUT2D eigenvalue weighted by molar-refractivity contribution is 6.00. The van der Waals surface area contributed by atoms with Crippen LogP contribution in [0, 0.1) is 0 Å². The zero-order valence-corrected chi connectivity index (χ0v) is 18.3. The molecular weight excluding hydrogens is 390 g/mol. The van der Waals surface area contributed by atoms with E-state index >= 15 is 0 Å². The van der Waals surface area contributed by atoms with Crippen molar-refractivity contribution in [3.8, 4) is 0 Å². The third-order valence-corrected chi connectivity index (χ3v) is 7.20. The van der Waals surface area contributed by atoms with Crippen molar-refractivity contribution in [3.63, 3.8) is 0 Å². The number of likely N-dealkylation sites (tertiary alicyclic amines) is 1. The molecule has 3 heterocycles. The van der Waals surface area contributed by atoms with E-state index in [1.54, 1.807) is 0 Å². The molecule has 0 spiro atoms. The Morgan fingerprint density at radius 1 is 1.00 bits per heavy atom. The van der Waals surface area contributed by atoms with E-state index in [1.165, 1.54) is 38.5 Å². The van der Waals surface area contributed by atoms with Gasteiger partial charge in [0.05, 0.1) is 11.0 Å². The standard InChI is InChI=1S/C24H33N5O2/c30-23(25-11-14-27-12-5-2-6-13-27)18-9-10-21-20(17-18)26-22-24(31)28(15-16-29(21)22)19-7-3-1-4-8-19/h9-10,17,19H,1-8,11-16H2,(H,25,30). The van der Waals surface area contributed by atoms with E-state index in [0.29, 0.717) is 24.0 Å². The third-order valence-electron chi connectivity index (χ3n) is 7.20. The van der Waals surface area contributed by atoms with E-state index in [2.05, 4.69) is 15.2 Å². The number of nitrogens with one attached hydrogen (secondary N) is 1. The van der Waals surface area contributed by atoms with Gasteiger partial charge in [0.15, 0.2) is 5.82 Å². The van der Waals surface area contributed by atoms with Crippen molar-refractivity contribution in [1.82, 2.24) is 24.7 Å². The van der Waals surface area contributed by atoms with Gasteiger partial charge in [-0.25, -0.2) is 4.98 Å². The Morgan fingerprint density at radius 3 is 2.58 bits per heavy atom. The molecule has 3 aliphatic rings. The minimum Gasteiger partial charge on any atom is -0.351 e. The lowest BCUT2D eigenvalue weighted by Gasteiger charge is -2.36. The summed E-state index contributed by atoms with van der Waals surface area (Å²) in [6.07, 6.45) is 9.74. The van der Waals surface area contributed by atoms with E-state index in [9.17, 15) is 9.59 Å². The van der Waals surface area contributed by atoms with Gasteiger partial charge in [-0.2, -0.15) is 0 Å². The van der Waals surface area contributed by atoms with Crippen LogP contribution in [0.2, 0.25) is 0 Å². The van der Waals surface area contributed by atoms with Crippen molar-refractivity contribution in [3.05, 3.63) is 29.6 Å². The fourth-order valence-corrected chi connectivity index (χ4v) is 5.45. The number of aromatic nitrogens is 2. The number of hydrogen-bond acceptors (Lipinski definition) is 4. The molecule has 2 amide bonds. The maximum Gasteiger partial charge on any atom is 0.290 e. The molecular formula is C24H33N5O2. The quantitative estimate of drug-likeness (QED) is 0.803. The lowest BCUT2D eigenvalue weighted by molar-refractivity contribution is 0.0566. The molecule has 1 saturated carbocycles. The molecule has 1 N–H and O–H groups in total. The van der Waals surface area contributed by atoms with Crippen molar-refractivity contribution in [2.75, 3.05) is 32.7 Å². The van der Waals surface area contributed by atoms with Gasteiger partial charge >= 0.3 is 0 Å². The number of nitrogens with zero attached hydrogens (tertiary/aromatic N) is 4. The largest absolute Gasteiger partial charge is 0.351 e. The molecule has 1 aromatic carbocycles. The summed E-state index contributed by atoms with van der Waals surface area (Å²) in [5.74, 6) is 0.497. The van der Waals surface area contributed by atoms with Crippen molar-refractivity contribution >= 4 is 22.8 Å². The molecule has 0 radical (unpaired) electrons. The Kier molecular flexibility index (Phi) is 5.94. The zero-order chi connectivity index (χ0) is 21.2. The summed E-state index contributed by atoms with van der Waals surface area (Å²) in [7, 11) is 0. The molecule has 7 heteroatoms. The fraction of sp³-hybridized carbons (Fsp3) is 0.625. The number of benzene rings is 1. The van der Waals surface area contributed by atoms with E-state index in [-0.39, 0.29) is 11.8 Å². The molecule has 2 aliphatic heterocycles. The Morgan fingerprint density at radius 2 is 1.77 bits per heavy atom. The molecule has 1 aliphatic carbocycles. The van der Waals surface area contributed by atoms with Crippen LogP contribution < -0.4 is 5.32 Å². The van der Waals surface area contributed by atoms with Crippen molar-refractivity contribution in [2.45, 2.75) is 64.0 Å². The molecule has 1 aromatic heterocycles. The number of rotatable bonds is 5. The number of fused-ring (bicyclic) bond motifs is 3. The van der Waals surface area contributed by atoms with Crippen LogP contribution in [0.25, 0.3) is 11.0 Å². The first-order chi connectivity index (χ1) is 15.2. The minimum atomic E-state index is -0.0694. The second-order valence-electron chi connectivity index (χ2n) is 9.24. The average Bonchev–Trinajstić information content (AvgIpc) is 3.19. The summed E-state index contributed by atoms with van der Waals surface area (Å²) in [5.41, 5.74) is 2.28. The predicted molar refractivity (Wildman–Crippen MR) is 120 cm³/mol. The molecule has 2 aromatic rings. The highest BCUT2D eigenvalue weighted by Gasteiger charge is 2.33. The molecule has 0 atom stereocenters. The van der Waals surface area contributed by atoms with Gasteiger partial charge in [0.2, 0.25) is 0 Å². The third kappa shape index (κ3) is 4.20. The monoisotopic (exact) mass is 423 g/mol. The molecule has 2 fully saturated rings. The van der Waals surface area contributed by atoms with Crippen molar-refractivity contribution in [1.29, 1.82) is 0 Å². The summed E-state index contributed by atoms with van der Waals surface area (Å²) in [6.45, 7) is 5.35. The van der Waals surface area contributed by atoms with Crippen molar-refractivity contribution < 1.29 is 9.59 Å². The van der Waals surface area contributed by atoms with Gasteiger partial charge in [0.25, 0.3) is 11.8 Å². The molecule has 1 saturated heterocycles. The smallest absolute Gasteiger partial charge is 0.290 e. The van der Waals surface area contributed by atoms with Crippen LogP contribution in [0.15, 0.2) is 18.2 Å². The van der Waals surface area contributed by atoms with E-state index in [4.69, 9.17) is 0 Å². The molecule has 7 nitrogen and oxygen atoms in total. The lowest BCUT2D eigenvalue weighted by Crippen LogP contribution is -2.47. The molecule has 31 heavy (non-hydrogen) atoms. The summed E-state index contributed by atoms with van der Waals surface area (Å²) in [6, 6.07) is 5.98. The minimum absolute atomic E-state index is 0.0434. The summed E-state index contributed by atoms with van der Waals surface area (Å²) < 4.78 is 2.02. The number of carbonyl (C=O) groups excluding carboxylic acids is 2. The first-order valence-electron chi connectivity index (χ1n) is 12.0. The SMILES string of the molecule is O=C(NCCN1CCCCC1)c1ccc2c(c1)nc1n2CCN(C2CCCCC2)C1=O. The number of amides is 2. The van der Waals surface area contributed by atoms with E-state index in [0.717, 1.165) is 56.6 Å². The second-order valence-corrected chi connectivity index (χ2v) is 9.24. The van der Waals surface area contributed by atoms with Crippen LogP contribution in [0.1, 0.15) is 72.3 Å². The Balaban J connectivity index is 1.27. The molecule has 0 unspecified atom stereocenters. The maximum atomic E-state index is 13.2. The molecule has 5 rings (SSSR count). The maximum absolute atomic E-state index is 13.2. The fourth-order valence-electron chi connectivity index (χ4n) is 5.45. The van der Waals surface area contributed by atoms with Gasteiger partial charge in [-0.1, -0.05) is 25.7 Å². The van der Waals surface area contributed by atoms with Gasteiger partial charge < -0.3 is 19.7 Å². The van der Waals surface area contributed by atoms with Crippen LogP contribution in [-0.2, 0) is 6.54 Å².